The van der Waals surface area contributed by atoms with Crippen molar-refractivity contribution in [3.8, 4) is 11.3 Å². The fourth-order valence-corrected chi connectivity index (χ4v) is 3.71. The van der Waals surface area contributed by atoms with Crippen LogP contribution in [0.2, 0.25) is 0 Å². The molecule has 4 rings (SSSR count). The van der Waals surface area contributed by atoms with Crippen LogP contribution < -0.4 is 0 Å². The third-order valence-electron chi connectivity index (χ3n) is 5.61. The molecule has 3 heterocycles. The topological polar surface area (TPSA) is 59.0 Å². The molecule has 0 aliphatic carbocycles. The van der Waals surface area contributed by atoms with Crippen molar-refractivity contribution in [3.63, 3.8) is 0 Å². The first-order chi connectivity index (χ1) is 13.5. The molecule has 0 bridgehead atoms. The van der Waals surface area contributed by atoms with Gasteiger partial charge in [-0.3, -0.25) is 4.79 Å². The van der Waals surface area contributed by atoms with Crippen molar-refractivity contribution in [2.24, 2.45) is 0 Å². The Bertz CT molecular complexity index is 1030. The lowest BCUT2D eigenvalue weighted by atomic mass is 9.99. The monoisotopic (exact) mass is 374 g/mol. The number of benzene rings is 1. The zero-order valence-corrected chi connectivity index (χ0v) is 17.0. The highest BCUT2D eigenvalue weighted by molar-refractivity contribution is 6.08. The van der Waals surface area contributed by atoms with Crippen LogP contribution in [0.1, 0.15) is 59.9 Å². The summed E-state index contributed by atoms with van der Waals surface area (Å²) >= 11 is 0. The number of rotatable bonds is 3. The van der Waals surface area contributed by atoms with Crippen LogP contribution in [0.4, 0.5) is 0 Å². The summed E-state index contributed by atoms with van der Waals surface area (Å²) in [6.45, 7) is 9.94. The first-order valence-corrected chi connectivity index (χ1v) is 9.98. The second-order valence-electron chi connectivity index (χ2n) is 7.94. The molecule has 1 fully saturated rings. The summed E-state index contributed by atoms with van der Waals surface area (Å²) in [7, 11) is 0. The van der Waals surface area contributed by atoms with E-state index in [9.17, 15) is 4.79 Å². The maximum absolute atomic E-state index is 13.3. The van der Waals surface area contributed by atoms with Gasteiger partial charge in [0.05, 0.1) is 16.8 Å². The van der Waals surface area contributed by atoms with Gasteiger partial charge >= 0.3 is 0 Å². The van der Waals surface area contributed by atoms with E-state index in [1.165, 1.54) is 5.56 Å². The zero-order valence-electron chi connectivity index (χ0n) is 17.0. The van der Waals surface area contributed by atoms with E-state index in [0.29, 0.717) is 0 Å². The molecular formula is C23H26N4O. The number of pyridine rings is 1. The number of nitrogens with zero attached hydrogens (tertiary/aromatic N) is 4. The molecule has 1 aliphatic heterocycles. The summed E-state index contributed by atoms with van der Waals surface area (Å²) < 4.78 is 0. The Morgan fingerprint density at radius 3 is 2.39 bits per heavy atom. The van der Waals surface area contributed by atoms with E-state index in [1.54, 1.807) is 0 Å². The molecule has 0 unspecified atom stereocenters. The average Bonchev–Trinajstić information content (AvgIpc) is 3.24. The standard InChI is InChI=1S/C23H26N4O/c1-14(2)22-24-12-17(13-25-22)20-11-19(23(28)27-9-5-6-10-27)18-8-7-15(3)16(4)21(18)26-20/h7-8,11-14H,5-6,9-10H2,1-4H3. The molecule has 0 spiro atoms. The van der Waals surface area contributed by atoms with E-state index in [1.807, 2.05) is 29.4 Å². The number of carbonyl (C=O) groups excluding carboxylic acids is 1. The summed E-state index contributed by atoms with van der Waals surface area (Å²) in [5.74, 6) is 1.18. The molecule has 5 heteroatoms. The molecule has 0 radical (unpaired) electrons. The van der Waals surface area contributed by atoms with Crippen LogP contribution in [-0.4, -0.2) is 38.8 Å². The van der Waals surface area contributed by atoms with Gasteiger partial charge in [0.15, 0.2) is 0 Å². The average molecular weight is 374 g/mol. The summed E-state index contributed by atoms with van der Waals surface area (Å²) in [6, 6.07) is 6.00. The van der Waals surface area contributed by atoms with Crippen LogP contribution in [0.15, 0.2) is 30.6 Å². The summed E-state index contributed by atoms with van der Waals surface area (Å²) in [5.41, 5.74) is 5.46. The largest absolute Gasteiger partial charge is 0.339 e. The van der Waals surface area contributed by atoms with Gasteiger partial charge in [-0.15, -0.1) is 0 Å². The second kappa shape index (κ2) is 7.30. The molecule has 1 aliphatic rings. The fraction of sp³-hybridized carbons (Fsp3) is 0.391. The Kier molecular flexibility index (Phi) is 4.84. The summed E-state index contributed by atoms with van der Waals surface area (Å²) in [6.07, 6.45) is 5.77. The van der Waals surface area contributed by atoms with Crippen molar-refractivity contribution in [3.05, 3.63) is 53.1 Å². The van der Waals surface area contributed by atoms with Gasteiger partial charge in [-0.1, -0.05) is 26.0 Å². The smallest absolute Gasteiger partial charge is 0.254 e. The van der Waals surface area contributed by atoms with Crippen LogP contribution in [0.3, 0.4) is 0 Å². The van der Waals surface area contributed by atoms with Gasteiger partial charge in [0, 0.05) is 42.4 Å². The number of likely N-dealkylation sites (tertiary alicyclic amines) is 1. The number of amides is 1. The third kappa shape index (κ3) is 3.26. The molecule has 5 nitrogen and oxygen atoms in total. The normalized spacial score (nSPS) is 14.2. The van der Waals surface area contributed by atoms with E-state index in [2.05, 4.69) is 43.7 Å². The van der Waals surface area contributed by atoms with Gasteiger partial charge < -0.3 is 4.90 Å². The Labute approximate surface area is 165 Å². The summed E-state index contributed by atoms with van der Waals surface area (Å²) in [4.78, 5) is 29.1. The summed E-state index contributed by atoms with van der Waals surface area (Å²) in [5, 5.41) is 0.920. The number of hydrogen-bond donors (Lipinski definition) is 0. The van der Waals surface area contributed by atoms with Crippen LogP contribution in [0, 0.1) is 13.8 Å². The minimum atomic E-state index is 0.0918. The molecule has 0 saturated carbocycles. The number of hydrogen-bond acceptors (Lipinski definition) is 4. The molecule has 2 aromatic heterocycles. The number of fused-ring (bicyclic) bond motifs is 1. The number of aromatic nitrogens is 3. The highest BCUT2D eigenvalue weighted by Gasteiger charge is 2.23. The van der Waals surface area contributed by atoms with Gasteiger partial charge in [0.25, 0.3) is 5.91 Å². The Morgan fingerprint density at radius 1 is 1.07 bits per heavy atom. The van der Waals surface area contributed by atoms with Crippen molar-refractivity contribution in [2.45, 2.75) is 46.5 Å². The first kappa shape index (κ1) is 18.5. The first-order valence-electron chi connectivity index (χ1n) is 9.98. The second-order valence-corrected chi connectivity index (χ2v) is 7.94. The van der Waals surface area contributed by atoms with E-state index in [-0.39, 0.29) is 11.8 Å². The van der Waals surface area contributed by atoms with E-state index < -0.39 is 0 Å². The maximum Gasteiger partial charge on any atom is 0.254 e. The minimum absolute atomic E-state index is 0.0918. The lowest BCUT2D eigenvalue weighted by Crippen LogP contribution is -2.28. The van der Waals surface area contributed by atoms with E-state index in [0.717, 1.165) is 65.0 Å². The highest BCUT2D eigenvalue weighted by Crippen LogP contribution is 2.29. The predicted molar refractivity (Wildman–Crippen MR) is 111 cm³/mol. The van der Waals surface area contributed by atoms with Crippen molar-refractivity contribution in [2.75, 3.05) is 13.1 Å². The fourth-order valence-electron chi connectivity index (χ4n) is 3.71. The molecule has 144 valence electrons. The molecule has 3 aromatic rings. The van der Waals surface area contributed by atoms with Gasteiger partial charge in [0.1, 0.15) is 5.82 Å². The van der Waals surface area contributed by atoms with E-state index >= 15 is 0 Å². The Balaban J connectivity index is 1.89. The molecule has 0 N–H and O–H groups in total. The van der Waals surface area contributed by atoms with Crippen molar-refractivity contribution >= 4 is 16.8 Å². The third-order valence-corrected chi connectivity index (χ3v) is 5.61. The van der Waals surface area contributed by atoms with Gasteiger partial charge in [-0.05, 0) is 43.9 Å². The molecule has 0 atom stereocenters. The molecule has 1 aromatic carbocycles. The quantitative estimate of drug-likeness (QED) is 0.668. The predicted octanol–water partition coefficient (Wildman–Crippen LogP) is 4.67. The van der Waals surface area contributed by atoms with Crippen LogP contribution in [0.25, 0.3) is 22.2 Å². The van der Waals surface area contributed by atoms with Crippen molar-refractivity contribution in [1.29, 1.82) is 0 Å². The van der Waals surface area contributed by atoms with E-state index in [4.69, 9.17) is 4.98 Å². The zero-order chi connectivity index (χ0) is 19.8. The van der Waals surface area contributed by atoms with Crippen LogP contribution in [0.5, 0.6) is 0 Å². The molecule has 1 amide bonds. The van der Waals surface area contributed by atoms with Gasteiger partial charge in [-0.2, -0.15) is 0 Å². The SMILES string of the molecule is Cc1ccc2c(C(=O)N3CCCC3)cc(-c3cnc(C(C)C)nc3)nc2c1C. The Morgan fingerprint density at radius 2 is 1.75 bits per heavy atom. The van der Waals surface area contributed by atoms with Crippen molar-refractivity contribution < 1.29 is 4.79 Å². The van der Waals surface area contributed by atoms with Gasteiger partial charge in [-0.25, -0.2) is 15.0 Å². The molecular weight excluding hydrogens is 348 g/mol. The lowest BCUT2D eigenvalue weighted by molar-refractivity contribution is 0.0794. The number of aryl methyl sites for hydroxylation is 2. The van der Waals surface area contributed by atoms with Crippen molar-refractivity contribution in [1.82, 2.24) is 19.9 Å². The lowest BCUT2D eigenvalue weighted by Gasteiger charge is -2.18. The van der Waals surface area contributed by atoms with Crippen LogP contribution >= 0.6 is 0 Å². The Hall–Kier alpha value is -2.82. The highest BCUT2D eigenvalue weighted by atomic mass is 16.2. The minimum Gasteiger partial charge on any atom is -0.339 e. The maximum atomic E-state index is 13.3. The number of carbonyl (C=O) groups is 1. The molecule has 1 saturated heterocycles. The van der Waals surface area contributed by atoms with Gasteiger partial charge in [0.2, 0.25) is 0 Å². The molecule has 28 heavy (non-hydrogen) atoms. The van der Waals surface area contributed by atoms with Crippen LogP contribution in [-0.2, 0) is 0 Å².